The van der Waals surface area contributed by atoms with Crippen LogP contribution in [0, 0.1) is 0 Å². The van der Waals surface area contributed by atoms with Crippen LogP contribution in [0.1, 0.15) is 0 Å². The van der Waals surface area contributed by atoms with E-state index in [2.05, 4.69) is 40.6 Å². The summed E-state index contributed by atoms with van der Waals surface area (Å²) < 4.78 is 2.01. The molecule has 1 aliphatic heterocycles. The molecule has 0 N–H and O–H groups in total. The highest BCUT2D eigenvalue weighted by Gasteiger charge is 2.31. The highest BCUT2D eigenvalue weighted by atomic mass is 15.5. The van der Waals surface area contributed by atoms with Gasteiger partial charge in [0.1, 0.15) is 0 Å². The minimum Gasteiger partial charge on any atom is -0.251 e. The molecule has 0 amide bonds. The summed E-state index contributed by atoms with van der Waals surface area (Å²) in [5.41, 5.74) is 0. The quantitative estimate of drug-likeness (QED) is 0.419. The van der Waals surface area contributed by atoms with E-state index in [4.69, 9.17) is 0 Å². The van der Waals surface area contributed by atoms with Crippen molar-refractivity contribution < 1.29 is 8.97 Å². The molecule has 0 aromatic rings. The van der Waals surface area contributed by atoms with Crippen LogP contribution in [0.25, 0.3) is 0 Å². The first-order valence-corrected chi connectivity index (χ1v) is 3.27. The molecular weight excluding hydrogens is 112 g/mol. The molecule has 0 fully saturated rings. The normalized spacial score (nSPS) is 28.9. The Morgan fingerprint density at radius 1 is 0.889 bits per heavy atom. The predicted octanol–water partition coefficient (Wildman–Crippen LogP) is 0.581. The van der Waals surface area contributed by atoms with E-state index in [1.807, 2.05) is 0 Å². The van der Waals surface area contributed by atoms with Gasteiger partial charge in [-0.25, -0.2) is 0 Å². The Kier molecular flexibility index (Phi) is 1.19. The van der Waals surface area contributed by atoms with Crippen LogP contribution in [0.15, 0.2) is 12.4 Å². The van der Waals surface area contributed by atoms with Gasteiger partial charge in [0.2, 0.25) is 6.67 Å². The van der Waals surface area contributed by atoms with Crippen LogP contribution in [0.5, 0.6) is 0 Å². The van der Waals surface area contributed by atoms with Crippen molar-refractivity contribution in [2.45, 2.75) is 0 Å². The van der Waals surface area contributed by atoms with Crippen molar-refractivity contribution in [3.05, 3.63) is 12.4 Å². The Hall–Kier alpha value is -0.340. The van der Waals surface area contributed by atoms with Gasteiger partial charge < -0.3 is 0 Å². The van der Waals surface area contributed by atoms with Crippen LogP contribution in [0.2, 0.25) is 0 Å². The first kappa shape index (κ1) is 6.78. The lowest BCUT2D eigenvalue weighted by molar-refractivity contribution is -0.997. The van der Waals surface area contributed by atoms with E-state index in [0.29, 0.717) is 0 Å². The van der Waals surface area contributed by atoms with Gasteiger partial charge in [-0.3, -0.25) is 8.97 Å². The fourth-order valence-corrected chi connectivity index (χ4v) is 1.39. The molecule has 1 rings (SSSR count). The van der Waals surface area contributed by atoms with E-state index >= 15 is 0 Å². The second-order valence-corrected chi connectivity index (χ2v) is 4.00. The maximum absolute atomic E-state index is 2.24. The van der Waals surface area contributed by atoms with Crippen molar-refractivity contribution in [2.75, 3.05) is 34.9 Å². The lowest BCUT2D eigenvalue weighted by atomic mass is 10.6. The summed E-state index contributed by atoms with van der Waals surface area (Å²) in [6.45, 7) is 1.17. The first-order chi connectivity index (χ1) is 3.91. The van der Waals surface area contributed by atoms with E-state index in [1.54, 1.807) is 0 Å². The highest BCUT2D eigenvalue weighted by Crippen LogP contribution is 2.15. The van der Waals surface area contributed by atoms with Gasteiger partial charge in [0.25, 0.3) is 0 Å². The minimum absolute atomic E-state index is 1.01. The monoisotopic (exact) mass is 128 g/mol. The molecule has 52 valence electrons. The zero-order valence-electron chi connectivity index (χ0n) is 6.76. The fraction of sp³-hybridized carbons (Fsp3) is 0.714. The molecule has 0 unspecified atom stereocenters. The molecule has 0 aromatic heterocycles. The Morgan fingerprint density at radius 3 is 1.33 bits per heavy atom. The van der Waals surface area contributed by atoms with Gasteiger partial charge in [0.15, 0.2) is 12.4 Å². The molecule has 1 aliphatic rings. The van der Waals surface area contributed by atoms with Crippen LogP contribution in [0.3, 0.4) is 0 Å². The molecule has 0 spiro atoms. The van der Waals surface area contributed by atoms with Crippen LogP contribution in [-0.2, 0) is 0 Å². The third kappa shape index (κ3) is 1.53. The zero-order valence-corrected chi connectivity index (χ0v) is 6.76. The van der Waals surface area contributed by atoms with Crippen LogP contribution in [0.4, 0.5) is 0 Å². The van der Waals surface area contributed by atoms with Crippen molar-refractivity contribution in [3.8, 4) is 0 Å². The maximum atomic E-state index is 2.24. The minimum atomic E-state index is 1.01. The summed E-state index contributed by atoms with van der Waals surface area (Å²) in [5.74, 6) is 0. The number of rotatable bonds is 0. The van der Waals surface area contributed by atoms with Gasteiger partial charge in [-0.1, -0.05) is 0 Å². The third-order valence-corrected chi connectivity index (χ3v) is 1.60. The molecule has 0 radical (unpaired) electrons. The lowest BCUT2D eigenvalue weighted by Crippen LogP contribution is -2.43. The van der Waals surface area contributed by atoms with Crippen LogP contribution in [-0.4, -0.2) is 43.8 Å². The molecule has 1 heterocycles. The van der Waals surface area contributed by atoms with Gasteiger partial charge >= 0.3 is 0 Å². The molecule has 0 saturated heterocycles. The number of nitrogens with zero attached hydrogens (tertiary/aromatic N) is 2. The third-order valence-electron chi connectivity index (χ3n) is 1.60. The Morgan fingerprint density at radius 2 is 1.22 bits per heavy atom. The second-order valence-electron chi connectivity index (χ2n) is 4.00. The molecular formula is C7H16N2+2. The number of hydrogen-bond donors (Lipinski definition) is 0. The summed E-state index contributed by atoms with van der Waals surface area (Å²) in [6.07, 6.45) is 4.47. The van der Waals surface area contributed by atoms with Crippen molar-refractivity contribution in [1.82, 2.24) is 0 Å². The van der Waals surface area contributed by atoms with E-state index in [0.717, 1.165) is 8.97 Å². The molecule has 9 heavy (non-hydrogen) atoms. The summed E-state index contributed by atoms with van der Waals surface area (Å²) in [5, 5.41) is 0. The largest absolute Gasteiger partial charge is 0.251 e. The smallest absolute Gasteiger partial charge is 0.215 e. The van der Waals surface area contributed by atoms with Gasteiger partial charge in [-0.15, -0.1) is 0 Å². The van der Waals surface area contributed by atoms with Crippen molar-refractivity contribution in [3.63, 3.8) is 0 Å². The first-order valence-electron chi connectivity index (χ1n) is 3.27. The molecule has 0 bridgehead atoms. The summed E-state index contributed by atoms with van der Waals surface area (Å²) in [6, 6.07) is 0. The fourth-order valence-electron chi connectivity index (χ4n) is 1.39. The summed E-state index contributed by atoms with van der Waals surface area (Å²) in [4.78, 5) is 0. The van der Waals surface area contributed by atoms with E-state index < -0.39 is 0 Å². The molecule has 0 saturated carbocycles. The standard InChI is InChI=1S/C7H16N2/c1-8(2)5-6-9(3,4)7-8/h5-6H,7H2,1-4H3/q+2. The molecule has 0 aromatic carbocycles. The summed E-state index contributed by atoms with van der Waals surface area (Å²) >= 11 is 0. The second kappa shape index (κ2) is 1.58. The maximum Gasteiger partial charge on any atom is 0.215 e. The average molecular weight is 128 g/mol. The van der Waals surface area contributed by atoms with E-state index in [-0.39, 0.29) is 0 Å². The average Bonchev–Trinajstić information content (AvgIpc) is 1.78. The predicted molar refractivity (Wildman–Crippen MR) is 38.2 cm³/mol. The SMILES string of the molecule is C[N+]1(C)C=C[N+](C)(C)C1. The zero-order chi connectivity index (χ0) is 7.12. The Bertz CT molecular complexity index is 129. The van der Waals surface area contributed by atoms with Crippen molar-refractivity contribution >= 4 is 0 Å². The van der Waals surface area contributed by atoms with E-state index in [9.17, 15) is 0 Å². The molecule has 2 heteroatoms. The Balaban J connectivity index is 2.71. The van der Waals surface area contributed by atoms with Crippen molar-refractivity contribution in [1.29, 1.82) is 0 Å². The van der Waals surface area contributed by atoms with Crippen LogP contribution < -0.4 is 0 Å². The molecule has 2 nitrogen and oxygen atoms in total. The number of quaternary nitrogens is 2. The highest BCUT2D eigenvalue weighted by molar-refractivity contribution is 4.66. The molecule has 0 atom stereocenters. The Labute approximate surface area is 57.2 Å². The van der Waals surface area contributed by atoms with Gasteiger partial charge in [-0.2, -0.15) is 0 Å². The van der Waals surface area contributed by atoms with Gasteiger partial charge in [0, 0.05) is 0 Å². The van der Waals surface area contributed by atoms with E-state index in [1.165, 1.54) is 6.67 Å². The van der Waals surface area contributed by atoms with Crippen LogP contribution >= 0.6 is 0 Å². The molecule has 0 aliphatic carbocycles. The summed E-state index contributed by atoms with van der Waals surface area (Å²) in [7, 11) is 8.85. The topological polar surface area (TPSA) is 0 Å². The lowest BCUT2D eigenvalue weighted by Gasteiger charge is -2.24. The van der Waals surface area contributed by atoms with Crippen molar-refractivity contribution in [2.24, 2.45) is 0 Å². The van der Waals surface area contributed by atoms with Gasteiger partial charge in [0.05, 0.1) is 28.2 Å². The number of hydrogen-bond acceptors (Lipinski definition) is 0. The van der Waals surface area contributed by atoms with Gasteiger partial charge in [-0.05, 0) is 0 Å².